The first-order valence-corrected chi connectivity index (χ1v) is 13.5. The van der Waals surface area contributed by atoms with Crippen molar-refractivity contribution in [2.24, 2.45) is 7.05 Å². The lowest BCUT2D eigenvalue weighted by atomic mass is 10.0. The molecular formula is C30H37FN8O3. The predicted octanol–water partition coefficient (Wildman–Crippen LogP) is 3.81. The molecule has 12 heteroatoms. The molecule has 1 fully saturated rings. The number of anilines is 1. The topological polar surface area (TPSA) is 111 Å². The van der Waals surface area contributed by atoms with Crippen LogP contribution >= 0.6 is 0 Å². The summed E-state index contributed by atoms with van der Waals surface area (Å²) in [6.07, 6.45) is 7.88. The number of fused-ring (bicyclic) bond motifs is 1. The Kier molecular flexibility index (Phi) is 10.2. The van der Waals surface area contributed by atoms with Crippen LogP contribution < -0.4 is 10.6 Å². The Morgan fingerprint density at radius 1 is 1.29 bits per heavy atom. The second kappa shape index (κ2) is 14.0. The highest BCUT2D eigenvalue weighted by Crippen LogP contribution is 2.31. The van der Waals surface area contributed by atoms with E-state index in [4.69, 9.17) is 14.7 Å². The van der Waals surface area contributed by atoms with Crippen LogP contribution in [-0.2, 0) is 21.4 Å². The minimum atomic E-state index is -0.273. The molecule has 2 atom stereocenters. The van der Waals surface area contributed by atoms with E-state index in [9.17, 15) is 9.18 Å². The van der Waals surface area contributed by atoms with Crippen LogP contribution in [0, 0.1) is 12.7 Å². The molecule has 1 aromatic carbocycles. The molecule has 0 radical (unpaired) electrons. The number of amides is 1. The number of pyridine rings is 1. The van der Waals surface area contributed by atoms with Crippen molar-refractivity contribution in [1.82, 2.24) is 34.9 Å². The van der Waals surface area contributed by atoms with Gasteiger partial charge in [0.1, 0.15) is 17.7 Å². The van der Waals surface area contributed by atoms with Crippen LogP contribution in [0.1, 0.15) is 12.5 Å². The minimum Gasteiger partial charge on any atom is -0.383 e. The van der Waals surface area contributed by atoms with E-state index in [1.807, 2.05) is 46.2 Å². The van der Waals surface area contributed by atoms with Gasteiger partial charge in [0.15, 0.2) is 5.65 Å². The monoisotopic (exact) mass is 576 g/mol. The molecule has 3 aromatic heterocycles. The third-order valence-corrected chi connectivity index (χ3v) is 6.88. The number of hydrogen-bond acceptors (Lipinski definition) is 8. The quantitative estimate of drug-likeness (QED) is 0.217. The van der Waals surface area contributed by atoms with Gasteiger partial charge in [-0.05, 0) is 49.8 Å². The van der Waals surface area contributed by atoms with Gasteiger partial charge < -0.3 is 15.4 Å². The largest absolute Gasteiger partial charge is 0.383 e. The Bertz CT molecular complexity index is 1550. The number of allylic oxidation sites excluding steroid dienone is 1. The molecule has 5 rings (SSSR count). The standard InChI is InChI=1S/C18H17FN6.C12H20N2O3/c1-11-16(12-8-13-10-22-24(3)18(13)21-9-12)23-25(17(11)20-2)15-6-4-14(19)5-7-15;1-4-5-10(2)12-11(13-9-15)8-14(17-12)6-7-16-3/h4-10,20H,1-3H3;4-5,9,11-12H,2,6-8H2,1,3H3,(H,13,15)/b;5-4-/t;11-,12+/m.1/s1. The molecule has 1 aliphatic rings. The van der Waals surface area contributed by atoms with E-state index >= 15 is 0 Å². The van der Waals surface area contributed by atoms with Gasteiger partial charge in [-0.15, -0.1) is 0 Å². The highest BCUT2D eigenvalue weighted by molar-refractivity contribution is 5.81. The Morgan fingerprint density at radius 2 is 2.05 bits per heavy atom. The van der Waals surface area contributed by atoms with Crippen LogP contribution in [0.15, 0.2) is 67.0 Å². The molecule has 0 saturated carbocycles. The van der Waals surface area contributed by atoms with E-state index in [0.717, 1.165) is 44.9 Å². The number of methoxy groups -OCH3 is 1. The second-order valence-electron chi connectivity index (χ2n) is 9.74. The lowest BCUT2D eigenvalue weighted by Gasteiger charge is -2.17. The Labute approximate surface area is 244 Å². The van der Waals surface area contributed by atoms with Crippen molar-refractivity contribution in [2.75, 3.05) is 39.2 Å². The Morgan fingerprint density at radius 3 is 2.71 bits per heavy atom. The maximum absolute atomic E-state index is 13.2. The molecule has 1 saturated heterocycles. The number of carbonyl (C=O) groups excluding carboxylic acids is 1. The fourth-order valence-corrected chi connectivity index (χ4v) is 4.80. The predicted molar refractivity (Wildman–Crippen MR) is 161 cm³/mol. The zero-order chi connectivity index (χ0) is 30.2. The van der Waals surface area contributed by atoms with Gasteiger partial charge in [-0.2, -0.15) is 15.3 Å². The highest BCUT2D eigenvalue weighted by Gasteiger charge is 2.34. The van der Waals surface area contributed by atoms with Crippen molar-refractivity contribution in [3.63, 3.8) is 0 Å². The van der Waals surface area contributed by atoms with Crippen LogP contribution in [0.3, 0.4) is 0 Å². The van der Waals surface area contributed by atoms with E-state index in [0.29, 0.717) is 26.1 Å². The molecule has 42 heavy (non-hydrogen) atoms. The van der Waals surface area contributed by atoms with Crippen LogP contribution in [0.5, 0.6) is 0 Å². The van der Waals surface area contributed by atoms with Gasteiger partial charge in [0.25, 0.3) is 0 Å². The number of rotatable bonds is 10. The third kappa shape index (κ3) is 6.73. The number of carbonyl (C=O) groups is 1. The summed E-state index contributed by atoms with van der Waals surface area (Å²) in [6, 6.07) is 8.22. The van der Waals surface area contributed by atoms with Gasteiger partial charge >= 0.3 is 0 Å². The van der Waals surface area contributed by atoms with Crippen molar-refractivity contribution in [3.8, 4) is 16.9 Å². The molecule has 4 aromatic rings. The minimum absolute atomic E-state index is 0.0620. The van der Waals surface area contributed by atoms with E-state index < -0.39 is 0 Å². The summed E-state index contributed by atoms with van der Waals surface area (Å²) in [5, 5.41) is 17.6. The van der Waals surface area contributed by atoms with Gasteiger partial charge in [0, 0.05) is 57.0 Å². The summed E-state index contributed by atoms with van der Waals surface area (Å²) in [7, 11) is 5.35. The molecule has 1 aliphatic heterocycles. The first-order chi connectivity index (χ1) is 20.3. The van der Waals surface area contributed by atoms with Crippen LogP contribution in [0.25, 0.3) is 28.0 Å². The zero-order valence-electron chi connectivity index (χ0n) is 24.5. The summed E-state index contributed by atoms with van der Waals surface area (Å²) in [5.74, 6) is 0.581. The number of nitrogens with zero attached hydrogens (tertiary/aromatic N) is 6. The van der Waals surface area contributed by atoms with Crippen molar-refractivity contribution in [1.29, 1.82) is 0 Å². The summed E-state index contributed by atoms with van der Waals surface area (Å²) >= 11 is 0. The van der Waals surface area contributed by atoms with Gasteiger partial charge in [-0.1, -0.05) is 18.7 Å². The van der Waals surface area contributed by atoms with Crippen molar-refractivity contribution in [2.45, 2.75) is 26.0 Å². The molecule has 0 aliphatic carbocycles. The van der Waals surface area contributed by atoms with Gasteiger partial charge in [0.2, 0.25) is 6.41 Å². The maximum Gasteiger partial charge on any atom is 0.207 e. The molecule has 0 spiro atoms. The van der Waals surface area contributed by atoms with Crippen molar-refractivity contribution in [3.05, 3.63) is 78.4 Å². The first-order valence-electron chi connectivity index (χ1n) is 13.5. The number of aromatic nitrogens is 5. The van der Waals surface area contributed by atoms with Crippen LogP contribution in [0.4, 0.5) is 10.2 Å². The van der Waals surface area contributed by atoms with Crippen LogP contribution in [0.2, 0.25) is 0 Å². The maximum atomic E-state index is 13.2. The lowest BCUT2D eigenvalue weighted by molar-refractivity contribution is -0.141. The molecule has 1 amide bonds. The average Bonchev–Trinajstić information content (AvgIpc) is 3.67. The summed E-state index contributed by atoms with van der Waals surface area (Å²) in [6.45, 7) is 9.78. The number of aryl methyl sites for hydroxylation is 1. The number of benzene rings is 1. The summed E-state index contributed by atoms with van der Waals surface area (Å²) in [5.41, 5.74) is 5.20. The molecule has 2 N–H and O–H groups in total. The highest BCUT2D eigenvalue weighted by atomic mass is 19.1. The Hall–Kier alpha value is -4.39. The van der Waals surface area contributed by atoms with Crippen LogP contribution in [-0.4, -0.2) is 82.0 Å². The second-order valence-corrected chi connectivity index (χ2v) is 9.74. The van der Waals surface area contributed by atoms with Gasteiger partial charge in [0.05, 0.1) is 30.2 Å². The number of halogens is 1. The normalized spacial score (nSPS) is 16.9. The van der Waals surface area contributed by atoms with E-state index in [2.05, 4.69) is 27.3 Å². The van der Waals surface area contributed by atoms with E-state index in [1.165, 1.54) is 12.1 Å². The first kappa shape index (κ1) is 30.6. The van der Waals surface area contributed by atoms with Crippen molar-refractivity contribution < 1.29 is 18.8 Å². The number of ether oxygens (including phenoxy) is 1. The van der Waals surface area contributed by atoms with E-state index in [1.54, 1.807) is 46.1 Å². The molecule has 222 valence electrons. The third-order valence-electron chi connectivity index (χ3n) is 6.88. The number of nitrogens with one attached hydrogen (secondary N) is 2. The molecule has 4 heterocycles. The van der Waals surface area contributed by atoms with E-state index in [-0.39, 0.29) is 18.0 Å². The Balaban J connectivity index is 0.000000209. The SMILES string of the molecule is C=C(/C=C\C)[C@@H]1ON(CCOC)C[C@H]1NC=O.CNc1c(C)c(-c2cnc3c(cnn3C)c2)nn1-c1ccc(F)cc1. The summed E-state index contributed by atoms with van der Waals surface area (Å²) < 4.78 is 21.7. The molecular weight excluding hydrogens is 539 g/mol. The van der Waals surface area contributed by atoms with Gasteiger partial charge in [-0.3, -0.25) is 14.3 Å². The number of hydrogen-bond donors (Lipinski definition) is 2. The van der Waals surface area contributed by atoms with Crippen molar-refractivity contribution >= 4 is 23.3 Å². The zero-order valence-corrected chi connectivity index (χ0v) is 24.5. The molecule has 11 nitrogen and oxygen atoms in total. The summed E-state index contributed by atoms with van der Waals surface area (Å²) in [4.78, 5) is 20.8. The fourth-order valence-electron chi connectivity index (χ4n) is 4.80. The average molecular weight is 577 g/mol. The number of hydroxylamine groups is 2. The molecule has 0 unspecified atom stereocenters. The smallest absolute Gasteiger partial charge is 0.207 e. The molecule has 0 bridgehead atoms. The van der Waals surface area contributed by atoms with Gasteiger partial charge in [-0.25, -0.2) is 14.1 Å². The fraction of sp³-hybridized carbons (Fsp3) is 0.333. The lowest BCUT2D eigenvalue weighted by Crippen LogP contribution is -2.38.